The van der Waals surface area contributed by atoms with Crippen molar-refractivity contribution < 1.29 is 9.84 Å². The lowest BCUT2D eigenvalue weighted by atomic mass is 9.43. The third kappa shape index (κ3) is 3.89. The Bertz CT molecular complexity index is 772. The Morgan fingerprint density at radius 1 is 0.970 bits per heavy atom. The van der Waals surface area contributed by atoms with E-state index >= 15 is 0 Å². The average molecular weight is 459 g/mol. The molecule has 2 fully saturated rings. The van der Waals surface area contributed by atoms with Crippen LogP contribution in [0.25, 0.3) is 0 Å². The van der Waals surface area contributed by atoms with Gasteiger partial charge in [0.25, 0.3) is 0 Å². The van der Waals surface area contributed by atoms with Gasteiger partial charge in [-0.1, -0.05) is 65.5 Å². The highest BCUT2D eigenvalue weighted by Crippen LogP contribution is 2.72. The molecular weight excluding hydrogens is 404 g/mol. The van der Waals surface area contributed by atoms with E-state index in [2.05, 4.69) is 41.5 Å². The minimum atomic E-state index is -0.526. The quantitative estimate of drug-likeness (QED) is 0.405. The molecule has 0 bridgehead atoms. The van der Waals surface area contributed by atoms with Gasteiger partial charge in [0.05, 0.1) is 11.7 Å². The fraction of sp³-hybridized carbons (Fsp3) is 0.935. The van der Waals surface area contributed by atoms with Crippen molar-refractivity contribution in [2.45, 2.75) is 138 Å². The highest BCUT2D eigenvalue weighted by Gasteiger charge is 2.63. The van der Waals surface area contributed by atoms with E-state index in [0.29, 0.717) is 22.3 Å². The van der Waals surface area contributed by atoms with Gasteiger partial charge in [-0.3, -0.25) is 0 Å². The van der Waals surface area contributed by atoms with Crippen molar-refractivity contribution in [1.82, 2.24) is 0 Å². The first kappa shape index (κ1) is 25.7. The summed E-state index contributed by atoms with van der Waals surface area (Å²) in [6.45, 7) is 19.4. The first-order valence-electron chi connectivity index (χ1n) is 14.2. The molecule has 33 heavy (non-hydrogen) atoms. The van der Waals surface area contributed by atoms with E-state index in [9.17, 15) is 5.11 Å². The second-order valence-electron chi connectivity index (χ2n) is 14.6. The summed E-state index contributed by atoms with van der Waals surface area (Å²) in [6.07, 6.45) is 14.4. The standard InChI is InChI=1S/C31H54O2/c1-21(11-10-17-27(2,3)32)22-14-19-31(8)24-12-13-25-28(4,5)26(33-9)16-18-29(25,6)23(24)15-20-30(22,31)7/h21-22,25-26,32H,10-20H2,1-9H3/t21-,22-,25+,26+,29-,30-,31+/m1/s1. The van der Waals surface area contributed by atoms with Crippen LogP contribution in [0.1, 0.15) is 126 Å². The number of aliphatic hydroxyl groups is 1. The number of rotatable bonds is 6. The molecule has 0 amide bonds. The molecule has 7 atom stereocenters. The van der Waals surface area contributed by atoms with Crippen molar-refractivity contribution in [2.24, 2.45) is 39.4 Å². The Labute approximate surface area is 205 Å². The van der Waals surface area contributed by atoms with Crippen LogP contribution in [-0.4, -0.2) is 23.9 Å². The first-order valence-corrected chi connectivity index (χ1v) is 14.2. The van der Waals surface area contributed by atoms with Crippen LogP contribution in [0, 0.1) is 39.4 Å². The molecule has 1 N–H and O–H groups in total. The molecule has 0 heterocycles. The molecule has 0 unspecified atom stereocenters. The van der Waals surface area contributed by atoms with Crippen LogP contribution in [0.4, 0.5) is 0 Å². The van der Waals surface area contributed by atoms with E-state index in [1.807, 2.05) is 32.1 Å². The SMILES string of the molecule is CO[C@H]1CC[C@]2(C)C3=C(CC[C@H]2C1(C)C)[C@]1(C)CC[C@H]([C@H](C)CCCC(C)(C)O)[C@@]1(C)CC3. The Kier molecular flexibility index (Phi) is 6.52. The van der Waals surface area contributed by atoms with Crippen molar-refractivity contribution in [1.29, 1.82) is 0 Å². The highest BCUT2D eigenvalue weighted by molar-refractivity contribution is 5.38. The van der Waals surface area contributed by atoms with Gasteiger partial charge >= 0.3 is 0 Å². The largest absolute Gasteiger partial charge is 0.390 e. The summed E-state index contributed by atoms with van der Waals surface area (Å²) >= 11 is 0. The van der Waals surface area contributed by atoms with Crippen LogP contribution in [0.3, 0.4) is 0 Å². The number of ether oxygens (including phenoxy) is 1. The van der Waals surface area contributed by atoms with Gasteiger partial charge in [-0.15, -0.1) is 0 Å². The lowest BCUT2D eigenvalue weighted by Crippen LogP contribution is -2.55. The maximum Gasteiger partial charge on any atom is 0.0625 e. The second kappa shape index (κ2) is 8.36. The van der Waals surface area contributed by atoms with Crippen molar-refractivity contribution in [3.63, 3.8) is 0 Å². The molecular formula is C31H54O2. The van der Waals surface area contributed by atoms with Crippen molar-refractivity contribution in [3.05, 3.63) is 11.1 Å². The molecule has 2 heteroatoms. The molecule has 0 saturated heterocycles. The fourth-order valence-corrected chi connectivity index (χ4v) is 10.1. The molecule has 0 spiro atoms. The van der Waals surface area contributed by atoms with Crippen molar-refractivity contribution in [2.75, 3.05) is 7.11 Å². The van der Waals surface area contributed by atoms with Crippen LogP contribution in [0.5, 0.6) is 0 Å². The van der Waals surface area contributed by atoms with E-state index in [4.69, 9.17) is 4.74 Å². The Morgan fingerprint density at radius 2 is 1.67 bits per heavy atom. The zero-order chi connectivity index (χ0) is 24.4. The highest BCUT2D eigenvalue weighted by atomic mass is 16.5. The number of hydrogen-bond donors (Lipinski definition) is 1. The van der Waals surface area contributed by atoms with Crippen molar-refractivity contribution >= 4 is 0 Å². The van der Waals surface area contributed by atoms with Gasteiger partial charge in [0, 0.05) is 7.11 Å². The lowest BCUT2D eigenvalue weighted by Gasteiger charge is -2.62. The van der Waals surface area contributed by atoms with Crippen LogP contribution >= 0.6 is 0 Å². The summed E-state index contributed by atoms with van der Waals surface area (Å²) in [6, 6.07) is 0. The fourth-order valence-electron chi connectivity index (χ4n) is 10.1. The van der Waals surface area contributed by atoms with E-state index < -0.39 is 5.60 Å². The summed E-state index contributed by atoms with van der Waals surface area (Å²) in [5.41, 5.74) is 4.70. The smallest absolute Gasteiger partial charge is 0.0625 e. The maximum absolute atomic E-state index is 10.2. The number of methoxy groups -OCH3 is 1. The van der Waals surface area contributed by atoms with Gasteiger partial charge in [-0.2, -0.15) is 0 Å². The van der Waals surface area contributed by atoms with Gasteiger partial charge in [-0.05, 0) is 111 Å². The minimum Gasteiger partial charge on any atom is -0.390 e. The topological polar surface area (TPSA) is 29.5 Å². The third-order valence-electron chi connectivity index (χ3n) is 12.2. The van der Waals surface area contributed by atoms with E-state index in [0.717, 1.165) is 30.6 Å². The van der Waals surface area contributed by atoms with E-state index in [-0.39, 0.29) is 5.41 Å². The van der Waals surface area contributed by atoms with Gasteiger partial charge in [0.2, 0.25) is 0 Å². The molecule has 2 nitrogen and oxygen atoms in total. The Balaban J connectivity index is 1.60. The van der Waals surface area contributed by atoms with Gasteiger partial charge in [-0.25, -0.2) is 0 Å². The Hall–Kier alpha value is -0.340. The molecule has 0 aromatic rings. The van der Waals surface area contributed by atoms with Crippen LogP contribution < -0.4 is 0 Å². The molecule has 0 radical (unpaired) electrons. The molecule has 190 valence electrons. The summed E-state index contributed by atoms with van der Waals surface area (Å²) in [5, 5.41) is 10.2. The summed E-state index contributed by atoms with van der Waals surface area (Å²) in [7, 11) is 1.93. The molecule has 0 aromatic heterocycles. The monoisotopic (exact) mass is 458 g/mol. The van der Waals surface area contributed by atoms with Gasteiger partial charge < -0.3 is 9.84 Å². The molecule has 4 aliphatic rings. The number of fused-ring (bicyclic) bond motifs is 4. The maximum atomic E-state index is 10.2. The van der Waals surface area contributed by atoms with Crippen LogP contribution in [0.2, 0.25) is 0 Å². The summed E-state index contributed by atoms with van der Waals surface area (Å²) in [4.78, 5) is 0. The number of hydrogen-bond acceptors (Lipinski definition) is 2. The van der Waals surface area contributed by atoms with Crippen LogP contribution in [-0.2, 0) is 4.74 Å². The summed E-state index contributed by atoms with van der Waals surface area (Å²) in [5.74, 6) is 2.32. The van der Waals surface area contributed by atoms with E-state index in [1.165, 1.54) is 57.8 Å². The Morgan fingerprint density at radius 3 is 2.30 bits per heavy atom. The minimum absolute atomic E-state index is 0.259. The zero-order valence-electron chi connectivity index (χ0n) is 23.4. The predicted molar refractivity (Wildman–Crippen MR) is 139 cm³/mol. The molecule has 0 aromatic carbocycles. The second-order valence-corrected chi connectivity index (χ2v) is 14.6. The predicted octanol–water partition coefficient (Wildman–Crippen LogP) is 8.33. The first-order chi connectivity index (χ1) is 15.2. The summed E-state index contributed by atoms with van der Waals surface area (Å²) < 4.78 is 6.00. The zero-order valence-corrected chi connectivity index (χ0v) is 23.4. The molecule has 4 rings (SSSR count). The lowest BCUT2D eigenvalue weighted by molar-refractivity contribution is -0.112. The number of allylic oxidation sites excluding steroid dienone is 2. The third-order valence-corrected chi connectivity index (χ3v) is 12.2. The normalized spacial score (nSPS) is 43.6. The van der Waals surface area contributed by atoms with E-state index in [1.54, 1.807) is 0 Å². The van der Waals surface area contributed by atoms with Crippen LogP contribution in [0.15, 0.2) is 11.1 Å². The van der Waals surface area contributed by atoms with Gasteiger partial charge in [0.1, 0.15) is 0 Å². The molecule has 2 saturated carbocycles. The average Bonchev–Trinajstić information content (AvgIpc) is 2.98. The van der Waals surface area contributed by atoms with Crippen molar-refractivity contribution in [3.8, 4) is 0 Å². The van der Waals surface area contributed by atoms with Gasteiger partial charge in [0.15, 0.2) is 0 Å². The molecule has 0 aliphatic heterocycles. The molecule has 4 aliphatic carbocycles.